The average molecular weight is 233 g/mol. The van der Waals surface area contributed by atoms with Gasteiger partial charge in [-0.05, 0) is 33.3 Å². The van der Waals surface area contributed by atoms with Crippen molar-refractivity contribution >= 4 is 11.5 Å². The van der Waals surface area contributed by atoms with Crippen LogP contribution < -0.4 is 0 Å². The van der Waals surface area contributed by atoms with Crippen LogP contribution in [-0.4, -0.2) is 5.71 Å². The lowest BCUT2D eigenvalue weighted by Crippen LogP contribution is -1.91. The van der Waals surface area contributed by atoms with Gasteiger partial charge in [0, 0.05) is 5.56 Å². The van der Waals surface area contributed by atoms with Gasteiger partial charge in [0.2, 0.25) is 0 Å². The van der Waals surface area contributed by atoms with Crippen LogP contribution in [0.4, 0.5) is 0 Å². The van der Waals surface area contributed by atoms with Crippen molar-refractivity contribution < 1.29 is 4.84 Å². The Bertz CT molecular complexity index is 369. The minimum atomic E-state index is 0.830. The number of hydrogen-bond acceptors (Lipinski definition) is 2. The van der Waals surface area contributed by atoms with E-state index in [-0.39, 0.29) is 0 Å². The predicted octanol–water partition coefficient (Wildman–Crippen LogP) is 4.88. The molecule has 17 heavy (non-hydrogen) atoms. The number of rotatable bonds is 3. The molecule has 1 aromatic rings. The van der Waals surface area contributed by atoms with E-state index in [0.717, 1.165) is 22.6 Å². The zero-order valence-corrected chi connectivity index (χ0v) is 11.7. The minimum absolute atomic E-state index is 0.830. The first kappa shape index (κ1) is 15.4. The van der Waals surface area contributed by atoms with Crippen molar-refractivity contribution in [2.45, 2.75) is 41.5 Å². The van der Waals surface area contributed by atoms with Crippen molar-refractivity contribution in [1.82, 2.24) is 0 Å². The van der Waals surface area contributed by atoms with Crippen LogP contribution in [0.2, 0.25) is 0 Å². The predicted molar refractivity (Wildman–Crippen MR) is 75.9 cm³/mol. The van der Waals surface area contributed by atoms with Crippen LogP contribution in [0, 0.1) is 0 Å². The number of benzene rings is 1. The molecule has 0 aliphatic carbocycles. The van der Waals surface area contributed by atoms with E-state index in [2.05, 4.69) is 5.16 Å². The Morgan fingerprint density at radius 3 is 1.88 bits per heavy atom. The molecule has 0 aliphatic rings. The van der Waals surface area contributed by atoms with E-state index in [1.807, 2.05) is 71.9 Å². The molecular weight excluding hydrogens is 210 g/mol. The van der Waals surface area contributed by atoms with Crippen LogP contribution in [0.25, 0.3) is 5.76 Å². The van der Waals surface area contributed by atoms with E-state index >= 15 is 0 Å². The van der Waals surface area contributed by atoms with Crippen molar-refractivity contribution in [3.05, 3.63) is 41.5 Å². The fourth-order valence-electron chi connectivity index (χ4n) is 1.16. The Hall–Kier alpha value is -1.57. The van der Waals surface area contributed by atoms with Crippen LogP contribution in [0.3, 0.4) is 0 Å². The molecule has 0 bridgehead atoms. The standard InChI is InChI=1S/C13H17NO.C2H6/c1-10(2)13(15-14-11(3)4)12-8-6-5-7-9-12;1-2/h5-9H,1-4H3;1-2H3. The normalized spacial score (nSPS) is 8.59. The summed E-state index contributed by atoms with van der Waals surface area (Å²) in [5.41, 5.74) is 3.08. The Morgan fingerprint density at radius 1 is 0.941 bits per heavy atom. The number of hydrogen-bond donors (Lipinski definition) is 0. The van der Waals surface area contributed by atoms with Gasteiger partial charge in [0.15, 0.2) is 5.76 Å². The van der Waals surface area contributed by atoms with Gasteiger partial charge in [-0.25, -0.2) is 0 Å². The first-order chi connectivity index (χ1) is 8.11. The second kappa shape index (κ2) is 8.57. The summed E-state index contributed by atoms with van der Waals surface area (Å²) in [7, 11) is 0. The van der Waals surface area contributed by atoms with Gasteiger partial charge in [-0.1, -0.05) is 49.3 Å². The van der Waals surface area contributed by atoms with Crippen molar-refractivity contribution in [2.24, 2.45) is 5.16 Å². The van der Waals surface area contributed by atoms with Gasteiger partial charge < -0.3 is 4.84 Å². The summed E-state index contributed by atoms with van der Waals surface area (Å²) in [5.74, 6) is 0.830. The van der Waals surface area contributed by atoms with Gasteiger partial charge >= 0.3 is 0 Å². The van der Waals surface area contributed by atoms with Gasteiger partial charge in [0.25, 0.3) is 0 Å². The van der Waals surface area contributed by atoms with Crippen LogP contribution in [0.5, 0.6) is 0 Å². The molecule has 1 aromatic carbocycles. The zero-order chi connectivity index (χ0) is 13.3. The molecule has 0 saturated heterocycles. The lowest BCUT2D eigenvalue weighted by atomic mass is 10.1. The minimum Gasteiger partial charge on any atom is -0.357 e. The molecule has 0 aliphatic heterocycles. The summed E-state index contributed by atoms with van der Waals surface area (Å²) in [5, 5.41) is 3.98. The first-order valence-electron chi connectivity index (χ1n) is 6.02. The number of nitrogens with zero attached hydrogens (tertiary/aromatic N) is 1. The molecule has 94 valence electrons. The molecule has 0 amide bonds. The molecule has 0 atom stereocenters. The molecular formula is C15H23NO. The fraction of sp³-hybridized carbons (Fsp3) is 0.400. The van der Waals surface area contributed by atoms with Crippen molar-refractivity contribution in [1.29, 1.82) is 0 Å². The zero-order valence-electron chi connectivity index (χ0n) is 11.7. The topological polar surface area (TPSA) is 21.6 Å². The van der Waals surface area contributed by atoms with E-state index < -0.39 is 0 Å². The molecule has 2 nitrogen and oxygen atoms in total. The summed E-state index contributed by atoms with van der Waals surface area (Å²) in [6.07, 6.45) is 0. The summed E-state index contributed by atoms with van der Waals surface area (Å²) in [6, 6.07) is 10.0. The molecule has 0 aromatic heterocycles. The maximum absolute atomic E-state index is 5.42. The Balaban J connectivity index is 0.00000121. The highest BCUT2D eigenvalue weighted by molar-refractivity contribution is 5.78. The van der Waals surface area contributed by atoms with Crippen LogP contribution in [0.1, 0.15) is 47.1 Å². The largest absolute Gasteiger partial charge is 0.357 e. The van der Waals surface area contributed by atoms with Crippen LogP contribution in [-0.2, 0) is 4.84 Å². The van der Waals surface area contributed by atoms with E-state index in [0.29, 0.717) is 0 Å². The molecule has 1 rings (SSSR count). The summed E-state index contributed by atoms with van der Waals surface area (Å²) >= 11 is 0. The van der Waals surface area contributed by atoms with Gasteiger partial charge in [-0.2, -0.15) is 0 Å². The lowest BCUT2D eigenvalue weighted by Gasteiger charge is -2.07. The maximum Gasteiger partial charge on any atom is 0.163 e. The Morgan fingerprint density at radius 2 is 1.47 bits per heavy atom. The molecule has 2 heteroatoms. The van der Waals surface area contributed by atoms with E-state index in [9.17, 15) is 0 Å². The average Bonchev–Trinajstić information content (AvgIpc) is 2.32. The maximum atomic E-state index is 5.42. The quantitative estimate of drug-likeness (QED) is 0.414. The third-order valence-electron chi connectivity index (χ3n) is 1.81. The summed E-state index contributed by atoms with van der Waals surface area (Å²) in [6.45, 7) is 11.9. The number of allylic oxidation sites excluding steroid dienone is 1. The molecule has 0 radical (unpaired) electrons. The van der Waals surface area contributed by atoms with E-state index in [1.54, 1.807) is 0 Å². The van der Waals surface area contributed by atoms with E-state index in [1.165, 1.54) is 0 Å². The van der Waals surface area contributed by atoms with Gasteiger partial charge in [0.1, 0.15) is 0 Å². The van der Waals surface area contributed by atoms with Crippen molar-refractivity contribution in [3.8, 4) is 0 Å². The number of oxime groups is 1. The van der Waals surface area contributed by atoms with E-state index in [4.69, 9.17) is 4.84 Å². The molecule has 0 heterocycles. The third-order valence-corrected chi connectivity index (χ3v) is 1.81. The molecule has 0 unspecified atom stereocenters. The molecule has 0 N–H and O–H groups in total. The van der Waals surface area contributed by atoms with Gasteiger partial charge in [-0.15, -0.1) is 0 Å². The second-order valence-corrected chi connectivity index (χ2v) is 3.82. The molecule has 0 saturated carbocycles. The van der Waals surface area contributed by atoms with Crippen LogP contribution in [0.15, 0.2) is 41.1 Å². The fourth-order valence-corrected chi connectivity index (χ4v) is 1.16. The monoisotopic (exact) mass is 233 g/mol. The summed E-state index contributed by atoms with van der Waals surface area (Å²) < 4.78 is 0. The van der Waals surface area contributed by atoms with Crippen molar-refractivity contribution in [2.75, 3.05) is 0 Å². The second-order valence-electron chi connectivity index (χ2n) is 3.82. The van der Waals surface area contributed by atoms with Gasteiger partial charge in [0.05, 0.1) is 5.71 Å². The molecule has 0 spiro atoms. The van der Waals surface area contributed by atoms with Crippen molar-refractivity contribution in [3.63, 3.8) is 0 Å². The van der Waals surface area contributed by atoms with Crippen LogP contribution >= 0.6 is 0 Å². The lowest BCUT2D eigenvalue weighted by molar-refractivity contribution is 0.294. The Kier molecular flexibility index (Phi) is 7.78. The Labute approximate surface area is 105 Å². The third kappa shape index (κ3) is 5.91. The first-order valence-corrected chi connectivity index (χ1v) is 6.02. The highest BCUT2D eigenvalue weighted by Crippen LogP contribution is 2.19. The smallest absolute Gasteiger partial charge is 0.163 e. The molecule has 0 fully saturated rings. The summed E-state index contributed by atoms with van der Waals surface area (Å²) in [4.78, 5) is 5.42. The highest BCUT2D eigenvalue weighted by Gasteiger charge is 2.04. The SMILES string of the molecule is CC.CC(C)=NOC(=C(C)C)c1ccccc1. The van der Waals surface area contributed by atoms with Gasteiger partial charge in [-0.3, -0.25) is 0 Å². The highest BCUT2D eigenvalue weighted by atomic mass is 16.6.